The lowest BCUT2D eigenvalue weighted by molar-refractivity contribution is 0.0422. The molecule has 1 amide bonds. The summed E-state index contributed by atoms with van der Waals surface area (Å²) < 4.78 is 11.2. The zero-order chi connectivity index (χ0) is 19.7. The Morgan fingerprint density at radius 3 is 2.30 bits per heavy atom. The van der Waals surface area contributed by atoms with E-state index in [-0.39, 0.29) is 6.04 Å². The van der Waals surface area contributed by atoms with Gasteiger partial charge in [-0.25, -0.2) is 4.79 Å². The molecule has 0 saturated heterocycles. The van der Waals surface area contributed by atoms with E-state index in [4.69, 9.17) is 9.47 Å². The first-order chi connectivity index (χ1) is 12.8. The minimum Gasteiger partial charge on any atom is -0.444 e. The van der Waals surface area contributed by atoms with Crippen LogP contribution in [0.15, 0.2) is 54.6 Å². The Bertz CT molecular complexity index is 690. The van der Waals surface area contributed by atoms with Crippen LogP contribution >= 0.6 is 0 Å². The van der Waals surface area contributed by atoms with Crippen LogP contribution in [0.5, 0.6) is 0 Å². The molecule has 27 heavy (non-hydrogen) atoms. The second-order valence-electron chi connectivity index (χ2n) is 7.87. The van der Waals surface area contributed by atoms with Gasteiger partial charge in [0.2, 0.25) is 0 Å². The number of amides is 1. The van der Waals surface area contributed by atoms with E-state index in [1.165, 1.54) is 11.1 Å². The third-order valence-corrected chi connectivity index (χ3v) is 4.05. The molecule has 0 bridgehead atoms. The summed E-state index contributed by atoms with van der Waals surface area (Å²) in [7, 11) is 0. The van der Waals surface area contributed by atoms with Crippen molar-refractivity contribution in [3.05, 3.63) is 71.3 Å². The molecule has 0 aliphatic carbocycles. The normalized spacial score (nSPS) is 12.4. The molecule has 1 unspecified atom stereocenters. The van der Waals surface area contributed by atoms with Gasteiger partial charge in [0.1, 0.15) is 5.60 Å². The molecule has 0 spiro atoms. The molecule has 146 valence electrons. The van der Waals surface area contributed by atoms with Gasteiger partial charge in [-0.05, 0) is 51.7 Å². The monoisotopic (exact) mass is 369 g/mol. The smallest absolute Gasteiger partial charge is 0.407 e. The fourth-order valence-corrected chi connectivity index (χ4v) is 2.66. The first kappa shape index (κ1) is 21.0. The summed E-state index contributed by atoms with van der Waals surface area (Å²) in [5.74, 6) is 0. The SMILES string of the molecule is Cc1ccc(CCC(COCc2ccccc2)NC(=O)OC(C)(C)C)cc1. The standard InChI is InChI=1S/C23H31NO3/c1-18-10-12-19(13-11-18)14-15-21(24-22(25)27-23(2,3)4)17-26-16-20-8-6-5-7-9-20/h5-13,21H,14-17H2,1-4H3,(H,24,25). The minimum atomic E-state index is -0.517. The first-order valence-electron chi connectivity index (χ1n) is 9.48. The Labute approximate surface area is 162 Å². The second kappa shape index (κ2) is 10.1. The average molecular weight is 370 g/mol. The highest BCUT2D eigenvalue weighted by molar-refractivity contribution is 5.68. The summed E-state index contributed by atoms with van der Waals surface area (Å²) in [5, 5.41) is 2.96. The topological polar surface area (TPSA) is 47.6 Å². The van der Waals surface area contributed by atoms with Crippen molar-refractivity contribution < 1.29 is 14.3 Å². The van der Waals surface area contributed by atoms with Gasteiger partial charge in [-0.2, -0.15) is 0 Å². The Morgan fingerprint density at radius 1 is 1.00 bits per heavy atom. The molecular weight excluding hydrogens is 338 g/mol. The van der Waals surface area contributed by atoms with Gasteiger partial charge in [0.25, 0.3) is 0 Å². The van der Waals surface area contributed by atoms with Gasteiger partial charge < -0.3 is 14.8 Å². The van der Waals surface area contributed by atoms with E-state index in [0.29, 0.717) is 13.2 Å². The number of carbonyl (C=O) groups excluding carboxylic acids is 1. The molecule has 2 rings (SSSR count). The lowest BCUT2D eigenvalue weighted by atomic mass is 10.0. The van der Waals surface area contributed by atoms with Crippen molar-refractivity contribution in [2.75, 3.05) is 6.61 Å². The van der Waals surface area contributed by atoms with Crippen LogP contribution in [0.2, 0.25) is 0 Å². The van der Waals surface area contributed by atoms with Crippen molar-refractivity contribution in [3.8, 4) is 0 Å². The predicted octanol–water partition coefficient (Wildman–Crippen LogP) is 5.04. The van der Waals surface area contributed by atoms with E-state index < -0.39 is 11.7 Å². The van der Waals surface area contributed by atoms with Crippen LogP contribution < -0.4 is 5.32 Å². The van der Waals surface area contributed by atoms with Crippen molar-refractivity contribution in [2.45, 2.75) is 58.8 Å². The van der Waals surface area contributed by atoms with E-state index >= 15 is 0 Å². The van der Waals surface area contributed by atoms with Crippen LogP contribution in [0.25, 0.3) is 0 Å². The summed E-state index contributed by atoms with van der Waals surface area (Å²) in [6.07, 6.45) is 1.26. The molecule has 0 heterocycles. The molecule has 4 heteroatoms. The third kappa shape index (κ3) is 8.74. The average Bonchev–Trinajstić information content (AvgIpc) is 2.60. The summed E-state index contributed by atoms with van der Waals surface area (Å²) >= 11 is 0. The van der Waals surface area contributed by atoms with E-state index in [2.05, 4.69) is 36.5 Å². The Morgan fingerprint density at radius 2 is 1.67 bits per heavy atom. The van der Waals surface area contributed by atoms with Crippen molar-refractivity contribution in [2.24, 2.45) is 0 Å². The van der Waals surface area contributed by atoms with E-state index in [1.54, 1.807) is 0 Å². The fraction of sp³-hybridized carbons (Fsp3) is 0.435. The molecule has 2 aromatic rings. The molecule has 0 aliphatic rings. The van der Waals surface area contributed by atoms with E-state index in [0.717, 1.165) is 18.4 Å². The Hall–Kier alpha value is -2.33. The van der Waals surface area contributed by atoms with Gasteiger partial charge in [-0.3, -0.25) is 0 Å². The summed E-state index contributed by atoms with van der Waals surface area (Å²) in [6.45, 7) is 8.63. The quantitative estimate of drug-likeness (QED) is 0.709. The van der Waals surface area contributed by atoms with Gasteiger partial charge in [0.15, 0.2) is 0 Å². The van der Waals surface area contributed by atoms with Crippen LogP contribution in [0, 0.1) is 6.92 Å². The van der Waals surface area contributed by atoms with E-state index in [9.17, 15) is 4.79 Å². The van der Waals surface area contributed by atoms with Gasteiger partial charge in [-0.1, -0.05) is 60.2 Å². The first-order valence-corrected chi connectivity index (χ1v) is 9.48. The Kier molecular flexibility index (Phi) is 7.86. The summed E-state index contributed by atoms with van der Waals surface area (Å²) in [5.41, 5.74) is 3.09. The second-order valence-corrected chi connectivity index (χ2v) is 7.87. The van der Waals surface area contributed by atoms with E-state index in [1.807, 2.05) is 51.1 Å². The number of carbonyl (C=O) groups is 1. The van der Waals surface area contributed by atoms with Crippen molar-refractivity contribution in [1.29, 1.82) is 0 Å². The molecule has 0 fully saturated rings. The van der Waals surface area contributed by atoms with Gasteiger partial charge in [-0.15, -0.1) is 0 Å². The van der Waals surface area contributed by atoms with Gasteiger partial charge >= 0.3 is 6.09 Å². The largest absolute Gasteiger partial charge is 0.444 e. The molecule has 0 saturated carbocycles. The third-order valence-electron chi connectivity index (χ3n) is 4.05. The fourth-order valence-electron chi connectivity index (χ4n) is 2.66. The summed E-state index contributed by atoms with van der Waals surface area (Å²) in [4.78, 5) is 12.2. The number of ether oxygens (including phenoxy) is 2. The van der Waals surface area contributed by atoms with Crippen LogP contribution in [0.1, 0.15) is 43.9 Å². The number of rotatable bonds is 8. The van der Waals surface area contributed by atoms with Gasteiger partial charge in [0.05, 0.1) is 19.3 Å². The maximum Gasteiger partial charge on any atom is 0.407 e. The lowest BCUT2D eigenvalue weighted by Gasteiger charge is -2.24. The minimum absolute atomic E-state index is 0.107. The van der Waals surface area contributed by atoms with Crippen LogP contribution in [-0.4, -0.2) is 24.3 Å². The number of hydrogen-bond donors (Lipinski definition) is 1. The molecular formula is C23H31NO3. The molecule has 1 N–H and O–H groups in total. The van der Waals surface area contributed by atoms with Crippen molar-refractivity contribution >= 4 is 6.09 Å². The van der Waals surface area contributed by atoms with Gasteiger partial charge in [0, 0.05) is 0 Å². The Balaban J connectivity index is 1.89. The lowest BCUT2D eigenvalue weighted by Crippen LogP contribution is -2.41. The number of nitrogens with one attached hydrogen (secondary N) is 1. The highest BCUT2D eigenvalue weighted by atomic mass is 16.6. The molecule has 2 aromatic carbocycles. The predicted molar refractivity (Wildman–Crippen MR) is 109 cm³/mol. The highest BCUT2D eigenvalue weighted by Gasteiger charge is 2.19. The molecule has 0 aliphatic heterocycles. The maximum absolute atomic E-state index is 12.2. The summed E-state index contributed by atoms with van der Waals surface area (Å²) in [6, 6.07) is 18.4. The highest BCUT2D eigenvalue weighted by Crippen LogP contribution is 2.11. The zero-order valence-corrected chi connectivity index (χ0v) is 16.8. The molecule has 0 radical (unpaired) electrons. The molecule has 1 atom stereocenters. The number of alkyl carbamates (subject to hydrolysis) is 1. The zero-order valence-electron chi connectivity index (χ0n) is 16.8. The number of benzene rings is 2. The van der Waals surface area contributed by atoms with Crippen molar-refractivity contribution in [1.82, 2.24) is 5.32 Å². The van der Waals surface area contributed by atoms with Crippen LogP contribution in [0.4, 0.5) is 4.79 Å². The molecule has 0 aromatic heterocycles. The number of aryl methyl sites for hydroxylation is 2. The van der Waals surface area contributed by atoms with Crippen LogP contribution in [0.3, 0.4) is 0 Å². The maximum atomic E-state index is 12.2. The number of hydrogen-bond acceptors (Lipinski definition) is 3. The molecule has 4 nitrogen and oxygen atoms in total. The van der Waals surface area contributed by atoms with Crippen molar-refractivity contribution in [3.63, 3.8) is 0 Å². The van der Waals surface area contributed by atoms with Crippen LogP contribution in [-0.2, 0) is 22.5 Å².